The molecule has 7 heteroatoms. The molecule has 164 valence electrons. The molecule has 3 aromatic carbocycles. The maximum absolute atomic E-state index is 11.3. The SMILES string of the molecule is CC1(C)c2cc(/C(CCCSc3ccc(Cl)cc3)=N/O)ccc2-c2ccc([N+](=O)[O-])cc21. The Morgan fingerprint density at radius 1 is 1.06 bits per heavy atom. The molecule has 0 bridgehead atoms. The Morgan fingerprint density at radius 3 is 2.38 bits per heavy atom. The van der Waals surface area contributed by atoms with E-state index < -0.39 is 0 Å². The van der Waals surface area contributed by atoms with Crippen LogP contribution in [-0.2, 0) is 5.41 Å². The highest BCUT2D eigenvalue weighted by atomic mass is 35.5. The number of fused-ring (bicyclic) bond motifs is 3. The van der Waals surface area contributed by atoms with Gasteiger partial charge in [-0.1, -0.05) is 42.7 Å². The Hall–Kier alpha value is -2.83. The highest BCUT2D eigenvalue weighted by Gasteiger charge is 2.37. The van der Waals surface area contributed by atoms with Crippen LogP contribution in [0, 0.1) is 10.1 Å². The van der Waals surface area contributed by atoms with Crippen LogP contribution in [0.3, 0.4) is 0 Å². The van der Waals surface area contributed by atoms with E-state index in [0.29, 0.717) is 12.1 Å². The third kappa shape index (κ3) is 4.25. The molecular weight excluding hydrogens is 444 g/mol. The zero-order valence-corrected chi connectivity index (χ0v) is 19.4. The second kappa shape index (κ2) is 8.96. The molecule has 0 saturated carbocycles. The van der Waals surface area contributed by atoms with Crippen LogP contribution in [0.5, 0.6) is 0 Å². The zero-order chi connectivity index (χ0) is 22.9. The third-order valence-corrected chi connectivity index (χ3v) is 7.31. The first-order valence-corrected chi connectivity index (χ1v) is 11.7. The van der Waals surface area contributed by atoms with Crippen LogP contribution in [0.2, 0.25) is 5.02 Å². The van der Waals surface area contributed by atoms with E-state index in [0.717, 1.165) is 49.9 Å². The number of rotatable bonds is 7. The van der Waals surface area contributed by atoms with Gasteiger partial charge in [0.15, 0.2) is 0 Å². The van der Waals surface area contributed by atoms with Crippen molar-refractivity contribution in [1.29, 1.82) is 0 Å². The topological polar surface area (TPSA) is 75.7 Å². The summed E-state index contributed by atoms with van der Waals surface area (Å²) in [4.78, 5) is 12.0. The van der Waals surface area contributed by atoms with Crippen LogP contribution in [0.4, 0.5) is 5.69 Å². The number of hydrogen-bond donors (Lipinski definition) is 1. The van der Waals surface area contributed by atoms with Gasteiger partial charge in [0.1, 0.15) is 0 Å². The highest BCUT2D eigenvalue weighted by Crippen LogP contribution is 2.49. The number of non-ortho nitro benzene ring substituents is 1. The van der Waals surface area contributed by atoms with Crippen LogP contribution in [0.15, 0.2) is 70.7 Å². The predicted molar refractivity (Wildman–Crippen MR) is 130 cm³/mol. The second-order valence-corrected chi connectivity index (χ2v) is 9.93. The Labute approximate surface area is 196 Å². The van der Waals surface area contributed by atoms with E-state index in [1.54, 1.807) is 23.9 Å². The monoisotopic (exact) mass is 466 g/mol. The van der Waals surface area contributed by atoms with Gasteiger partial charge in [0.25, 0.3) is 5.69 Å². The number of thioether (sulfide) groups is 1. The third-order valence-electron chi connectivity index (χ3n) is 5.96. The number of oxime groups is 1. The van der Waals surface area contributed by atoms with E-state index in [-0.39, 0.29) is 16.0 Å². The number of benzene rings is 3. The molecular formula is C25H23ClN2O3S. The van der Waals surface area contributed by atoms with Crippen molar-refractivity contribution in [3.8, 4) is 11.1 Å². The molecule has 1 N–H and O–H groups in total. The lowest BCUT2D eigenvalue weighted by Crippen LogP contribution is -2.16. The Balaban J connectivity index is 1.51. The highest BCUT2D eigenvalue weighted by molar-refractivity contribution is 7.99. The van der Waals surface area contributed by atoms with Crippen LogP contribution < -0.4 is 0 Å². The lowest BCUT2D eigenvalue weighted by atomic mass is 9.81. The smallest absolute Gasteiger partial charge is 0.269 e. The van der Waals surface area contributed by atoms with E-state index in [4.69, 9.17) is 11.6 Å². The van der Waals surface area contributed by atoms with Crippen molar-refractivity contribution < 1.29 is 10.1 Å². The van der Waals surface area contributed by atoms with E-state index in [9.17, 15) is 15.3 Å². The molecule has 0 spiro atoms. The Kier molecular flexibility index (Phi) is 6.26. The van der Waals surface area contributed by atoms with Gasteiger partial charge in [0.2, 0.25) is 0 Å². The molecule has 0 saturated heterocycles. The molecule has 0 atom stereocenters. The summed E-state index contributed by atoms with van der Waals surface area (Å²) in [5, 5.41) is 25.2. The van der Waals surface area contributed by atoms with Crippen molar-refractivity contribution in [2.45, 2.75) is 37.0 Å². The van der Waals surface area contributed by atoms with Crippen LogP contribution in [-0.4, -0.2) is 21.6 Å². The summed E-state index contributed by atoms with van der Waals surface area (Å²) in [5.41, 5.74) is 5.35. The summed E-state index contributed by atoms with van der Waals surface area (Å²) < 4.78 is 0. The number of halogens is 1. The van der Waals surface area contributed by atoms with Crippen molar-refractivity contribution in [1.82, 2.24) is 0 Å². The average molecular weight is 467 g/mol. The summed E-state index contributed by atoms with van der Waals surface area (Å²) in [6, 6.07) is 18.9. The summed E-state index contributed by atoms with van der Waals surface area (Å²) in [7, 11) is 0. The fraction of sp³-hybridized carbons (Fsp3) is 0.240. The molecule has 0 aliphatic heterocycles. The predicted octanol–water partition coefficient (Wildman–Crippen LogP) is 7.31. The molecule has 0 radical (unpaired) electrons. The van der Waals surface area contributed by atoms with E-state index in [1.807, 2.05) is 42.5 Å². The molecule has 4 rings (SSSR count). The van der Waals surface area contributed by atoms with Crippen LogP contribution >= 0.6 is 23.4 Å². The van der Waals surface area contributed by atoms with Gasteiger partial charge in [-0.3, -0.25) is 10.1 Å². The van der Waals surface area contributed by atoms with Crippen LogP contribution in [0.25, 0.3) is 11.1 Å². The number of nitrogens with zero attached hydrogens (tertiary/aromatic N) is 2. The maximum Gasteiger partial charge on any atom is 0.269 e. The van der Waals surface area contributed by atoms with E-state index in [2.05, 4.69) is 25.1 Å². The van der Waals surface area contributed by atoms with E-state index in [1.165, 1.54) is 0 Å². The molecule has 5 nitrogen and oxygen atoms in total. The first-order valence-electron chi connectivity index (χ1n) is 10.3. The minimum absolute atomic E-state index is 0.0978. The number of hydrogen-bond acceptors (Lipinski definition) is 5. The van der Waals surface area contributed by atoms with Crippen molar-refractivity contribution in [3.05, 3.63) is 92.5 Å². The van der Waals surface area contributed by atoms with Crippen molar-refractivity contribution in [2.75, 3.05) is 5.75 Å². The maximum atomic E-state index is 11.3. The molecule has 0 fully saturated rings. The van der Waals surface area contributed by atoms with Gasteiger partial charge in [-0.25, -0.2) is 0 Å². The van der Waals surface area contributed by atoms with Crippen molar-refractivity contribution >= 4 is 34.8 Å². The first-order chi connectivity index (χ1) is 15.3. The lowest BCUT2D eigenvalue weighted by molar-refractivity contribution is -0.384. The minimum atomic E-state index is -0.377. The molecule has 0 amide bonds. The largest absolute Gasteiger partial charge is 0.411 e. The quantitative estimate of drug-likeness (QED) is 0.0988. The Bertz CT molecular complexity index is 1210. The van der Waals surface area contributed by atoms with Gasteiger partial charge in [-0.2, -0.15) is 0 Å². The number of nitro groups is 1. The van der Waals surface area contributed by atoms with E-state index >= 15 is 0 Å². The standard InChI is InChI=1S/C25H23ClN2O3S/c1-25(2)22-14-16(5-11-20(22)21-12-8-18(28(30)31)15-23(21)25)24(27-29)4-3-13-32-19-9-6-17(26)7-10-19/h5-12,14-15,29H,3-4,13H2,1-2H3/b27-24+. The van der Waals surface area contributed by atoms with Gasteiger partial charge < -0.3 is 5.21 Å². The minimum Gasteiger partial charge on any atom is -0.411 e. The molecule has 0 unspecified atom stereocenters. The Morgan fingerprint density at radius 2 is 1.72 bits per heavy atom. The summed E-state index contributed by atoms with van der Waals surface area (Å²) in [6.45, 7) is 4.15. The molecule has 1 aliphatic carbocycles. The summed E-state index contributed by atoms with van der Waals surface area (Å²) in [5.74, 6) is 0.895. The average Bonchev–Trinajstić information content (AvgIpc) is 3.01. The fourth-order valence-corrected chi connectivity index (χ4v) is 5.21. The normalized spacial score (nSPS) is 14.2. The van der Waals surface area contributed by atoms with Gasteiger partial charge in [0, 0.05) is 27.5 Å². The van der Waals surface area contributed by atoms with Crippen molar-refractivity contribution in [2.24, 2.45) is 5.16 Å². The fourth-order valence-electron chi connectivity index (χ4n) is 4.23. The lowest BCUT2D eigenvalue weighted by Gasteiger charge is -2.22. The molecule has 3 aromatic rings. The summed E-state index contributed by atoms with van der Waals surface area (Å²) >= 11 is 7.67. The summed E-state index contributed by atoms with van der Waals surface area (Å²) in [6.07, 6.45) is 1.51. The zero-order valence-electron chi connectivity index (χ0n) is 17.8. The van der Waals surface area contributed by atoms with Gasteiger partial charge in [-0.05, 0) is 82.8 Å². The molecule has 32 heavy (non-hydrogen) atoms. The van der Waals surface area contributed by atoms with Gasteiger partial charge in [-0.15, -0.1) is 11.8 Å². The molecule has 0 aromatic heterocycles. The number of nitro benzene ring substituents is 1. The molecule has 1 aliphatic rings. The second-order valence-electron chi connectivity index (χ2n) is 8.32. The first kappa shape index (κ1) is 22.4. The van der Waals surface area contributed by atoms with Crippen molar-refractivity contribution in [3.63, 3.8) is 0 Å². The van der Waals surface area contributed by atoms with Gasteiger partial charge >= 0.3 is 0 Å². The molecule has 0 heterocycles. The van der Waals surface area contributed by atoms with Gasteiger partial charge in [0.05, 0.1) is 10.6 Å². The van der Waals surface area contributed by atoms with Crippen LogP contribution in [0.1, 0.15) is 43.4 Å².